The summed E-state index contributed by atoms with van der Waals surface area (Å²) >= 11 is 0. The molecule has 1 aromatic rings. The lowest BCUT2D eigenvalue weighted by Gasteiger charge is -2.30. The molecule has 1 aliphatic heterocycles. The van der Waals surface area contributed by atoms with Gasteiger partial charge in [0.25, 0.3) is 0 Å². The molecule has 4 heteroatoms. The number of rotatable bonds is 6. The lowest BCUT2D eigenvalue weighted by atomic mass is 9.92. The minimum atomic E-state index is -0.731. The van der Waals surface area contributed by atoms with Gasteiger partial charge in [-0.1, -0.05) is 25.1 Å². The predicted octanol–water partition coefficient (Wildman–Crippen LogP) is 2.35. The topological polar surface area (TPSA) is 49.8 Å². The number of likely N-dealkylation sites (N-methyl/N-ethyl adjacent to an activating group) is 1. The molecule has 0 bridgehead atoms. The molecule has 4 nitrogen and oxygen atoms in total. The first-order valence-corrected chi connectivity index (χ1v) is 6.86. The van der Waals surface area contributed by atoms with Crippen LogP contribution in [0.25, 0.3) is 0 Å². The van der Waals surface area contributed by atoms with Crippen molar-refractivity contribution in [2.75, 3.05) is 26.2 Å². The standard InChI is InChI=1S/C15H21NO3/c1-2-16(9-7-15(17)18)11-12-8-10-19-14-6-4-3-5-13(12)14/h3-6,12H,2,7-11H2,1H3,(H,17,18). The summed E-state index contributed by atoms with van der Waals surface area (Å²) in [5.41, 5.74) is 1.25. The van der Waals surface area contributed by atoms with Crippen molar-refractivity contribution in [3.63, 3.8) is 0 Å². The molecule has 0 saturated carbocycles. The van der Waals surface area contributed by atoms with Crippen LogP contribution in [0.2, 0.25) is 0 Å². The molecule has 0 amide bonds. The second-order valence-corrected chi connectivity index (χ2v) is 4.91. The smallest absolute Gasteiger partial charge is 0.304 e. The van der Waals surface area contributed by atoms with Gasteiger partial charge in [0.2, 0.25) is 0 Å². The van der Waals surface area contributed by atoms with E-state index in [1.807, 2.05) is 18.2 Å². The Kier molecular flexibility index (Phi) is 4.80. The van der Waals surface area contributed by atoms with Crippen LogP contribution in [0.4, 0.5) is 0 Å². The maximum atomic E-state index is 10.7. The fraction of sp³-hybridized carbons (Fsp3) is 0.533. The summed E-state index contributed by atoms with van der Waals surface area (Å²) < 4.78 is 5.65. The van der Waals surface area contributed by atoms with Crippen LogP contribution in [0.15, 0.2) is 24.3 Å². The molecule has 0 saturated heterocycles. The number of carboxylic acids is 1. The van der Waals surface area contributed by atoms with Gasteiger partial charge in [0, 0.05) is 19.0 Å². The maximum Gasteiger partial charge on any atom is 0.304 e. The molecule has 1 aliphatic rings. The molecule has 2 rings (SSSR count). The zero-order valence-corrected chi connectivity index (χ0v) is 11.3. The first kappa shape index (κ1) is 13.9. The molecule has 19 heavy (non-hydrogen) atoms. The van der Waals surface area contributed by atoms with Crippen LogP contribution < -0.4 is 4.74 Å². The number of hydrogen-bond donors (Lipinski definition) is 1. The van der Waals surface area contributed by atoms with E-state index < -0.39 is 5.97 Å². The van der Waals surface area contributed by atoms with Crippen LogP contribution >= 0.6 is 0 Å². The average molecular weight is 263 g/mol. The van der Waals surface area contributed by atoms with Crippen molar-refractivity contribution >= 4 is 5.97 Å². The number of aliphatic carboxylic acids is 1. The number of para-hydroxylation sites is 1. The number of ether oxygens (including phenoxy) is 1. The third kappa shape index (κ3) is 3.70. The normalized spacial score (nSPS) is 17.9. The molecule has 0 spiro atoms. The Morgan fingerprint density at radius 1 is 1.47 bits per heavy atom. The van der Waals surface area contributed by atoms with Crippen molar-refractivity contribution in [3.05, 3.63) is 29.8 Å². The van der Waals surface area contributed by atoms with Crippen LogP contribution in [-0.2, 0) is 4.79 Å². The summed E-state index contributed by atoms with van der Waals surface area (Å²) in [5.74, 6) is 0.692. The molecule has 0 aliphatic carbocycles. The lowest BCUT2D eigenvalue weighted by molar-refractivity contribution is -0.137. The highest BCUT2D eigenvalue weighted by Gasteiger charge is 2.22. The van der Waals surface area contributed by atoms with Crippen molar-refractivity contribution < 1.29 is 14.6 Å². The number of nitrogens with zero attached hydrogens (tertiary/aromatic N) is 1. The van der Waals surface area contributed by atoms with Gasteiger partial charge in [-0.2, -0.15) is 0 Å². The highest BCUT2D eigenvalue weighted by molar-refractivity contribution is 5.66. The van der Waals surface area contributed by atoms with E-state index in [2.05, 4.69) is 17.9 Å². The molecule has 1 unspecified atom stereocenters. The summed E-state index contributed by atoms with van der Waals surface area (Å²) in [4.78, 5) is 12.9. The van der Waals surface area contributed by atoms with Gasteiger partial charge < -0.3 is 14.7 Å². The summed E-state index contributed by atoms with van der Waals surface area (Å²) in [6.07, 6.45) is 1.21. The molecule has 0 aromatic heterocycles. The molecule has 1 N–H and O–H groups in total. The van der Waals surface area contributed by atoms with Crippen molar-refractivity contribution in [3.8, 4) is 5.75 Å². The van der Waals surface area contributed by atoms with Gasteiger partial charge in [0.15, 0.2) is 0 Å². The number of fused-ring (bicyclic) bond motifs is 1. The summed E-state index contributed by atoms with van der Waals surface area (Å²) in [7, 11) is 0. The lowest BCUT2D eigenvalue weighted by Crippen LogP contribution is -2.32. The largest absolute Gasteiger partial charge is 0.493 e. The molecule has 1 heterocycles. The summed E-state index contributed by atoms with van der Waals surface area (Å²) in [6.45, 7) is 5.23. The van der Waals surface area contributed by atoms with Crippen LogP contribution in [-0.4, -0.2) is 42.2 Å². The van der Waals surface area contributed by atoms with Crippen molar-refractivity contribution in [2.24, 2.45) is 0 Å². The Labute approximate surface area is 114 Å². The number of carboxylic acid groups (broad SMARTS) is 1. The first-order chi connectivity index (χ1) is 9.20. The molecular weight excluding hydrogens is 242 g/mol. The molecular formula is C15H21NO3. The average Bonchev–Trinajstić information content (AvgIpc) is 2.43. The monoisotopic (exact) mass is 263 g/mol. The Hall–Kier alpha value is -1.55. The van der Waals surface area contributed by atoms with E-state index in [9.17, 15) is 4.79 Å². The van der Waals surface area contributed by atoms with E-state index in [1.54, 1.807) is 0 Å². The van der Waals surface area contributed by atoms with Gasteiger partial charge in [-0.05, 0) is 24.6 Å². The van der Waals surface area contributed by atoms with Crippen LogP contribution in [0.3, 0.4) is 0 Å². The zero-order valence-electron chi connectivity index (χ0n) is 11.3. The highest BCUT2D eigenvalue weighted by Crippen LogP contribution is 2.33. The van der Waals surface area contributed by atoms with Crippen molar-refractivity contribution in [1.29, 1.82) is 0 Å². The molecule has 1 atom stereocenters. The van der Waals surface area contributed by atoms with E-state index in [0.717, 1.165) is 31.9 Å². The van der Waals surface area contributed by atoms with Gasteiger partial charge in [-0.25, -0.2) is 0 Å². The minimum absolute atomic E-state index is 0.207. The Morgan fingerprint density at radius 3 is 3.00 bits per heavy atom. The highest BCUT2D eigenvalue weighted by atomic mass is 16.5. The Bertz CT molecular complexity index is 433. The molecule has 0 radical (unpaired) electrons. The van der Waals surface area contributed by atoms with E-state index in [1.165, 1.54) is 5.56 Å². The Balaban J connectivity index is 2.00. The van der Waals surface area contributed by atoms with Gasteiger partial charge in [0.1, 0.15) is 5.75 Å². The fourth-order valence-electron chi connectivity index (χ4n) is 2.55. The van der Waals surface area contributed by atoms with Gasteiger partial charge in [-0.15, -0.1) is 0 Å². The summed E-state index contributed by atoms with van der Waals surface area (Å²) in [6, 6.07) is 8.15. The van der Waals surface area contributed by atoms with Gasteiger partial charge in [-0.3, -0.25) is 4.79 Å². The Morgan fingerprint density at radius 2 is 2.26 bits per heavy atom. The SMILES string of the molecule is CCN(CCC(=O)O)CC1CCOc2ccccc21. The van der Waals surface area contributed by atoms with Crippen molar-refractivity contribution in [2.45, 2.75) is 25.7 Å². The van der Waals surface area contributed by atoms with E-state index >= 15 is 0 Å². The van der Waals surface area contributed by atoms with Crippen LogP contribution in [0.5, 0.6) is 5.75 Å². The van der Waals surface area contributed by atoms with Crippen molar-refractivity contribution in [1.82, 2.24) is 4.90 Å². The van der Waals surface area contributed by atoms with Gasteiger partial charge in [0.05, 0.1) is 13.0 Å². The summed E-state index contributed by atoms with van der Waals surface area (Å²) in [5, 5.41) is 8.77. The minimum Gasteiger partial charge on any atom is -0.493 e. The molecule has 104 valence electrons. The van der Waals surface area contributed by atoms with Crippen LogP contribution in [0.1, 0.15) is 31.2 Å². The fourth-order valence-corrected chi connectivity index (χ4v) is 2.55. The first-order valence-electron chi connectivity index (χ1n) is 6.86. The third-order valence-corrected chi connectivity index (χ3v) is 3.65. The second kappa shape index (κ2) is 6.57. The molecule has 1 aromatic carbocycles. The van der Waals surface area contributed by atoms with E-state index in [0.29, 0.717) is 12.5 Å². The number of carbonyl (C=O) groups is 1. The van der Waals surface area contributed by atoms with Crippen LogP contribution in [0, 0.1) is 0 Å². The van der Waals surface area contributed by atoms with E-state index in [4.69, 9.17) is 9.84 Å². The van der Waals surface area contributed by atoms with Gasteiger partial charge >= 0.3 is 5.97 Å². The predicted molar refractivity (Wildman–Crippen MR) is 73.7 cm³/mol. The third-order valence-electron chi connectivity index (χ3n) is 3.65. The number of hydrogen-bond acceptors (Lipinski definition) is 3. The maximum absolute atomic E-state index is 10.7. The quantitative estimate of drug-likeness (QED) is 0.856. The second-order valence-electron chi connectivity index (χ2n) is 4.91. The molecule has 0 fully saturated rings. The van der Waals surface area contributed by atoms with E-state index in [-0.39, 0.29) is 6.42 Å². The zero-order chi connectivity index (χ0) is 13.7. The number of benzene rings is 1.